The molecule has 0 heterocycles. The van der Waals surface area contributed by atoms with Crippen molar-refractivity contribution < 1.29 is 23.8 Å². The number of hydrogen-bond donors (Lipinski definition) is 1. The van der Waals surface area contributed by atoms with Crippen LogP contribution >= 0.6 is 10.2 Å². The van der Waals surface area contributed by atoms with Gasteiger partial charge in [-0.1, -0.05) is 31.6 Å². The molecule has 0 saturated heterocycles. The van der Waals surface area contributed by atoms with Crippen LogP contribution in [-0.2, 0) is 5.67 Å². The van der Waals surface area contributed by atoms with Crippen molar-refractivity contribution in [2.75, 3.05) is 0 Å². The second kappa shape index (κ2) is 2.59. The van der Waals surface area contributed by atoms with Gasteiger partial charge in [-0.05, 0) is 17.7 Å². The zero-order chi connectivity index (χ0) is 13.2. The van der Waals surface area contributed by atoms with E-state index in [-0.39, 0.29) is 24.1 Å². The fourth-order valence-electron chi connectivity index (χ4n) is 1.58. The highest BCUT2D eigenvalue weighted by atomic mass is 32.5. The summed E-state index contributed by atoms with van der Waals surface area (Å²) in [5.74, 6) is 0. The molecular weight excluding hydrogens is 268 g/mol. The fraction of sp³-hybridized carbons (Fsp3) is 0.333. The molecule has 98 valence electrons. The maximum absolute atomic E-state index is 13.7. The van der Waals surface area contributed by atoms with Gasteiger partial charge in [-0.2, -0.15) is 0 Å². The second-order valence-corrected chi connectivity index (χ2v) is 6.58. The second-order valence-electron chi connectivity index (χ2n) is 4.17. The first kappa shape index (κ1) is 12.6. The average molecular weight is 277 g/mol. The van der Waals surface area contributed by atoms with Crippen LogP contribution in [0.1, 0.15) is 12.0 Å². The summed E-state index contributed by atoms with van der Waals surface area (Å²) >= 11 is 0. The van der Waals surface area contributed by atoms with Gasteiger partial charge in [-0.25, -0.2) is 4.39 Å². The average Bonchev–Trinajstić information content (AvgIpc) is 2.73. The van der Waals surface area contributed by atoms with Crippen molar-refractivity contribution in [2.24, 2.45) is 5.73 Å². The molecular formula is C9H9F6NS. The third-order valence-electron chi connectivity index (χ3n) is 2.72. The SMILES string of the molecule is N[C@H]1C[C@@]1(F)c1ccc(S(F)(F)(F)(F)F)cc1. The highest BCUT2D eigenvalue weighted by Gasteiger charge is 2.65. The molecule has 1 nitrogen and oxygen atoms in total. The van der Waals surface area contributed by atoms with Crippen molar-refractivity contribution >= 4 is 10.2 Å². The van der Waals surface area contributed by atoms with E-state index in [9.17, 15) is 23.8 Å². The molecule has 2 N–H and O–H groups in total. The molecule has 0 radical (unpaired) electrons. The van der Waals surface area contributed by atoms with Crippen molar-refractivity contribution in [3.05, 3.63) is 29.8 Å². The molecule has 1 aliphatic carbocycles. The Morgan fingerprint density at radius 3 is 1.76 bits per heavy atom. The predicted octanol–water partition coefficient (Wildman–Crippen LogP) is 4.24. The van der Waals surface area contributed by atoms with Crippen molar-refractivity contribution in [2.45, 2.75) is 23.0 Å². The van der Waals surface area contributed by atoms with E-state index in [4.69, 9.17) is 5.73 Å². The highest BCUT2D eigenvalue weighted by Crippen LogP contribution is 3.02. The van der Waals surface area contributed by atoms with Gasteiger partial charge in [-0.3, -0.25) is 0 Å². The van der Waals surface area contributed by atoms with Gasteiger partial charge < -0.3 is 5.73 Å². The number of alkyl halides is 1. The van der Waals surface area contributed by atoms with E-state index in [1.54, 1.807) is 0 Å². The molecule has 1 aliphatic rings. The van der Waals surface area contributed by atoms with Crippen LogP contribution in [0.15, 0.2) is 29.2 Å². The highest BCUT2D eigenvalue weighted by molar-refractivity contribution is 8.45. The van der Waals surface area contributed by atoms with E-state index in [2.05, 4.69) is 0 Å². The first-order valence-corrected chi connectivity index (χ1v) is 6.57. The van der Waals surface area contributed by atoms with Gasteiger partial charge in [0.1, 0.15) is 4.90 Å². The van der Waals surface area contributed by atoms with Crippen LogP contribution in [0.5, 0.6) is 0 Å². The molecule has 0 unspecified atom stereocenters. The summed E-state index contributed by atoms with van der Waals surface area (Å²) in [4.78, 5) is -2.02. The summed E-state index contributed by atoms with van der Waals surface area (Å²) in [5, 5.41) is 0. The molecule has 8 heteroatoms. The molecule has 2 rings (SSSR count). The van der Waals surface area contributed by atoms with Gasteiger partial charge in [0.05, 0.1) is 0 Å². The summed E-state index contributed by atoms with van der Waals surface area (Å²) < 4.78 is 75.4. The van der Waals surface area contributed by atoms with E-state index in [0.717, 1.165) is 0 Å². The summed E-state index contributed by atoms with van der Waals surface area (Å²) in [6, 6.07) is 1.03. The summed E-state index contributed by atoms with van der Waals surface area (Å²) in [7, 11) is -9.67. The van der Waals surface area contributed by atoms with Crippen molar-refractivity contribution in [1.82, 2.24) is 0 Å². The molecule has 2 atom stereocenters. The molecule has 1 aromatic carbocycles. The van der Waals surface area contributed by atoms with Crippen molar-refractivity contribution in [1.29, 1.82) is 0 Å². The Balaban J connectivity index is 2.39. The Labute approximate surface area is 93.3 Å². The van der Waals surface area contributed by atoms with E-state index >= 15 is 0 Å². The Morgan fingerprint density at radius 1 is 1.06 bits per heavy atom. The summed E-state index contributed by atoms with van der Waals surface area (Å²) in [6.07, 6.45) is -0.0112. The molecule has 0 bridgehead atoms. The van der Waals surface area contributed by atoms with Crippen LogP contribution in [0, 0.1) is 0 Å². The largest absolute Gasteiger partial charge is 0.325 e. The van der Waals surface area contributed by atoms with Gasteiger partial charge in [-0.15, -0.1) is 0 Å². The summed E-state index contributed by atoms with van der Waals surface area (Å²) in [6.45, 7) is 0. The van der Waals surface area contributed by atoms with E-state index in [1.807, 2.05) is 0 Å². The van der Waals surface area contributed by atoms with Gasteiger partial charge in [0.25, 0.3) is 0 Å². The van der Waals surface area contributed by atoms with E-state index in [0.29, 0.717) is 12.1 Å². The summed E-state index contributed by atoms with van der Waals surface area (Å²) in [5.41, 5.74) is 3.29. The Kier molecular flexibility index (Phi) is 1.91. The Morgan fingerprint density at radius 2 is 1.47 bits per heavy atom. The van der Waals surface area contributed by atoms with Crippen LogP contribution in [-0.4, -0.2) is 6.04 Å². The van der Waals surface area contributed by atoms with Crippen molar-refractivity contribution in [3.63, 3.8) is 0 Å². The lowest BCUT2D eigenvalue weighted by Crippen LogP contribution is -2.13. The van der Waals surface area contributed by atoms with Crippen LogP contribution < -0.4 is 5.73 Å². The monoisotopic (exact) mass is 277 g/mol. The van der Waals surface area contributed by atoms with E-state index < -0.39 is 26.8 Å². The van der Waals surface area contributed by atoms with Gasteiger partial charge in [0.15, 0.2) is 5.67 Å². The van der Waals surface area contributed by atoms with E-state index in [1.165, 1.54) is 0 Å². The first-order valence-electron chi connectivity index (χ1n) is 4.62. The van der Waals surface area contributed by atoms with Gasteiger partial charge in [0, 0.05) is 12.5 Å². The maximum Gasteiger partial charge on any atom is 0.310 e. The van der Waals surface area contributed by atoms with Gasteiger partial charge >= 0.3 is 10.2 Å². The topological polar surface area (TPSA) is 26.0 Å². The first-order chi connectivity index (χ1) is 7.33. The molecule has 0 aliphatic heterocycles. The quantitative estimate of drug-likeness (QED) is 0.804. The number of rotatable bonds is 2. The molecule has 1 fully saturated rings. The number of halogens is 6. The van der Waals surface area contributed by atoms with Crippen LogP contribution in [0.25, 0.3) is 0 Å². The molecule has 17 heavy (non-hydrogen) atoms. The minimum absolute atomic E-state index is 0.0112. The smallest absolute Gasteiger partial charge is 0.310 e. The van der Waals surface area contributed by atoms with Crippen molar-refractivity contribution in [3.8, 4) is 0 Å². The number of hydrogen-bond acceptors (Lipinski definition) is 1. The lowest BCUT2D eigenvalue weighted by atomic mass is 10.1. The minimum Gasteiger partial charge on any atom is -0.325 e. The molecule has 1 aromatic rings. The lowest BCUT2D eigenvalue weighted by Gasteiger charge is -2.40. The van der Waals surface area contributed by atoms with Crippen LogP contribution in [0.4, 0.5) is 23.8 Å². The lowest BCUT2D eigenvalue weighted by molar-refractivity contribution is 0.305. The molecule has 0 aromatic heterocycles. The molecule has 1 saturated carbocycles. The third kappa shape index (κ3) is 2.23. The normalized spacial score (nSPS) is 32.8. The minimum atomic E-state index is -9.67. The predicted molar refractivity (Wildman–Crippen MR) is 53.2 cm³/mol. The van der Waals surface area contributed by atoms with Gasteiger partial charge in [0.2, 0.25) is 0 Å². The number of benzene rings is 1. The standard InChI is InChI=1S/C9H9F6NS/c10-9(5-8(9)16)6-1-3-7(4-2-6)17(11,12,13,14)15/h1-4,8H,5,16H2/t8-,9+/m0/s1. The zero-order valence-corrected chi connectivity index (χ0v) is 9.16. The number of nitrogens with two attached hydrogens (primary N) is 1. The fourth-order valence-corrected chi connectivity index (χ4v) is 2.23. The molecule has 0 amide bonds. The zero-order valence-electron chi connectivity index (χ0n) is 8.35. The Hall–Kier alpha value is -0.890. The maximum atomic E-state index is 13.7. The molecule has 0 spiro atoms. The van der Waals surface area contributed by atoms with Crippen LogP contribution in [0.2, 0.25) is 0 Å². The van der Waals surface area contributed by atoms with Crippen LogP contribution in [0.3, 0.4) is 0 Å². The third-order valence-corrected chi connectivity index (χ3v) is 3.89. The Bertz CT molecular complexity index is 466.